The van der Waals surface area contributed by atoms with Gasteiger partial charge in [0.1, 0.15) is 5.82 Å². The Labute approximate surface area is 123 Å². The van der Waals surface area contributed by atoms with Crippen LogP contribution in [0.3, 0.4) is 0 Å². The predicted octanol–water partition coefficient (Wildman–Crippen LogP) is 2.11. The number of aromatic nitrogens is 1. The molecule has 0 bridgehead atoms. The van der Waals surface area contributed by atoms with Gasteiger partial charge in [0.05, 0.1) is 5.56 Å². The lowest BCUT2D eigenvalue weighted by Gasteiger charge is -2.36. The molecule has 1 aromatic carbocycles. The number of rotatable bonds is 3. The van der Waals surface area contributed by atoms with Crippen molar-refractivity contribution in [1.82, 2.24) is 4.98 Å². The summed E-state index contributed by atoms with van der Waals surface area (Å²) in [6.45, 7) is 3.64. The quantitative estimate of drug-likeness (QED) is 0.935. The average molecular weight is 283 g/mol. The third kappa shape index (κ3) is 2.97. The molecule has 0 unspecified atom stereocenters. The highest BCUT2D eigenvalue weighted by Crippen LogP contribution is 2.19. The monoisotopic (exact) mass is 283 g/mol. The van der Waals surface area contributed by atoms with Crippen LogP contribution in [0.25, 0.3) is 0 Å². The Morgan fingerprint density at radius 1 is 0.952 bits per heavy atom. The summed E-state index contributed by atoms with van der Waals surface area (Å²) in [5, 5.41) is 8.89. The third-order valence-electron chi connectivity index (χ3n) is 3.72. The molecule has 1 fully saturated rings. The van der Waals surface area contributed by atoms with Gasteiger partial charge in [0.2, 0.25) is 0 Å². The second kappa shape index (κ2) is 5.83. The van der Waals surface area contributed by atoms with Gasteiger partial charge in [0, 0.05) is 38.1 Å². The molecule has 3 rings (SSSR count). The summed E-state index contributed by atoms with van der Waals surface area (Å²) in [7, 11) is 0. The standard InChI is InChI=1S/C16H17N3O2/c20-16(21)13-6-7-15(17-12-13)19-10-8-18(9-11-19)14-4-2-1-3-5-14/h1-7,12H,8-11H2,(H,20,21). The van der Waals surface area contributed by atoms with Gasteiger partial charge in [-0.3, -0.25) is 0 Å². The predicted molar refractivity (Wildman–Crippen MR) is 82.1 cm³/mol. The minimum atomic E-state index is -0.942. The molecule has 1 aliphatic rings. The van der Waals surface area contributed by atoms with Crippen molar-refractivity contribution < 1.29 is 9.90 Å². The van der Waals surface area contributed by atoms with Gasteiger partial charge in [-0.25, -0.2) is 9.78 Å². The maximum Gasteiger partial charge on any atom is 0.337 e. The van der Waals surface area contributed by atoms with Crippen LogP contribution in [0.2, 0.25) is 0 Å². The molecule has 2 aromatic rings. The van der Waals surface area contributed by atoms with Gasteiger partial charge in [-0.2, -0.15) is 0 Å². The summed E-state index contributed by atoms with van der Waals surface area (Å²) in [6.07, 6.45) is 1.42. The maximum atomic E-state index is 10.8. The zero-order chi connectivity index (χ0) is 14.7. The van der Waals surface area contributed by atoms with Crippen LogP contribution in [0.5, 0.6) is 0 Å². The number of hydrogen-bond acceptors (Lipinski definition) is 4. The smallest absolute Gasteiger partial charge is 0.337 e. The highest BCUT2D eigenvalue weighted by Gasteiger charge is 2.18. The number of piperazine rings is 1. The zero-order valence-corrected chi connectivity index (χ0v) is 11.6. The molecular weight excluding hydrogens is 266 g/mol. The summed E-state index contributed by atoms with van der Waals surface area (Å²) in [5.41, 5.74) is 1.47. The first-order valence-corrected chi connectivity index (χ1v) is 6.98. The Balaban J connectivity index is 1.64. The highest BCUT2D eigenvalue weighted by molar-refractivity contribution is 5.87. The fourth-order valence-corrected chi connectivity index (χ4v) is 2.53. The summed E-state index contributed by atoms with van der Waals surface area (Å²) < 4.78 is 0. The van der Waals surface area contributed by atoms with Crippen molar-refractivity contribution in [2.24, 2.45) is 0 Å². The Kier molecular flexibility index (Phi) is 3.73. The Hall–Kier alpha value is -2.56. The minimum Gasteiger partial charge on any atom is -0.478 e. The van der Waals surface area contributed by atoms with Gasteiger partial charge in [-0.05, 0) is 24.3 Å². The van der Waals surface area contributed by atoms with Gasteiger partial charge in [-0.1, -0.05) is 18.2 Å². The molecule has 0 aliphatic carbocycles. The molecule has 0 saturated carbocycles. The molecule has 1 aromatic heterocycles. The number of para-hydroxylation sites is 1. The second-order valence-electron chi connectivity index (χ2n) is 5.02. The molecule has 2 heterocycles. The molecule has 21 heavy (non-hydrogen) atoms. The van der Waals surface area contributed by atoms with Crippen LogP contribution in [0, 0.1) is 0 Å². The normalized spacial score (nSPS) is 15.0. The first-order valence-electron chi connectivity index (χ1n) is 6.98. The number of hydrogen-bond donors (Lipinski definition) is 1. The van der Waals surface area contributed by atoms with E-state index in [0.717, 1.165) is 32.0 Å². The van der Waals surface area contributed by atoms with Crippen LogP contribution in [-0.2, 0) is 0 Å². The molecule has 1 aliphatic heterocycles. The van der Waals surface area contributed by atoms with E-state index < -0.39 is 5.97 Å². The van der Waals surface area contributed by atoms with Crippen LogP contribution in [0.4, 0.5) is 11.5 Å². The minimum absolute atomic E-state index is 0.224. The van der Waals surface area contributed by atoms with E-state index in [0.29, 0.717) is 0 Å². The molecule has 5 heteroatoms. The fraction of sp³-hybridized carbons (Fsp3) is 0.250. The molecule has 0 radical (unpaired) electrons. The van der Waals surface area contributed by atoms with Crippen LogP contribution in [0.1, 0.15) is 10.4 Å². The summed E-state index contributed by atoms with van der Waals surface area (Å²) in [6, 6.07) is 13.7. The van der Waals surface area contributed by atoms with Crippen molar-refractivity contribution in [2.45, 2.75) is 0 Å². The Morgan fingerprint density at radius 2 is 1.62 bits per heavy atom. The molecule has 0 atom stereocenters. The first-order chi connectivity index (χ1) is 10.2. The first kappa shape index (κ1) is 13.4. The molecule has 0 spiro atoms. The Bertz CT molecular complexity index is 605. The lowest BCUT2D eigenvalue weighted by molar-refractivity contribution is 0.0696. The van der Waals surface area contributed by atoms with Crippen molar-refractivity contribution in [2.75, 3.05) is 36.0 Å². The van der Waals surface area contributed by atoms with Crippen LogP contribution in [0.15, 0.2) is 48.7 Å². The van der Waals surface area contributed by atoms with Gasteiger partial charge < -0.3 is 14.9 Å². The maximum absolute atomic E-state index is 10.8. The van der Waals surface area contributed by atoms with Crippen molar-refractivity contribution in [3.63, 3.8) is 0 Å². The zero-order valence-electron chi connectivity index (χ0n) is 11.6. The van der Waals surface area contributed by atoms with Crippen molar-refractivity contribution in [3.05, 3.63) is 54.2 Å². The number of anilines is 2. The van der Waals surface area contributed by atoms with Crippen LogP contribution >= 0.6 is 0 Å². The van der Waals surface area contributed by atoms with E-state index in [2.05, 4.69) is 26.9 Å². The Morgan fingerprint density at radius 3 is 2.19 bits per heavy atom. The van der Waals surface area contributed by atoms with Crippen LogP contribution < -0.4 is 9.80 Å². The number of carbonyl (C=O) groups is 1. The topological polar surface area (TPSA) is 56.7 Å². The van der Waals surface area contributed by atoms with Gasteiger partial charge >= 0.3 is 5.97 Å². The van der Waals surface area contributed by atoms with E-state index in [9.17, 15) is 4.79 Å². The lowest BCUT2D eigenvalue weighted by atomic mass is 10.2. The summed E-state index contributed by atoms with van der Waals surface area (Å²) in [5.74, 6) is -0.101. The molecule has 108 valence electrons. The summed E-state index contributed by atoms with van der Waals surface area (Å²) >= 11 is 0. The lowest BCUT2D eigenvalue weighted by Crippen LogP contribution is -2.46. The second-order valence-corrected chi connectivity index (χ2v) is 5.02. The van der Waals surface area contributed by atoms with E-state index in [1.165, 1.54) is 11.9 Å². The molecular formula is C16H17N3O2. The highest BCUT2D eigenvalue weighted by atomic mass is 16.4. The van der Waals surface area contributed by atoms with E-state index in [-0.39, 0.29) is 5.56 Å². The number of nitrogens with zero attached hydrogens (tertiary/aromatic N) is 3. The molecule has 1 N–H and O–H groups in total. The van der Waals surface area contributed by atoms with Crippen molar-refractivity contribution in [3.8, 4) is 0 Å². The molecule has 5 nitrogen and oxygen atoms in total. The van der Waals surface area contributed by atoms with Gasteiger partial charge in [0.25, 0.3) is 0 Å². The largest absolute Gasteiger partial charge is 0.478 e. The number of carboxylic acid groups (broad SMARTS) is 1. The number of carboxylic acids is 1. The van der Waals surface area contributed by atoms with Crippen LogP contribution in [-0.4, -0.2) is 42.2 Å². The number of pyridine rings is 1. The van der Waals surface area contributed by atoms with E-state index >= 15 is 0 Å². The van der Waals surface area contributed by atoms with E-state index in [4.69, 9.17) is 5.11 Å². The number of benzene rings is 1. The molecule has 0 amide bonds. The van der Waals surface area contributed by atoms with E-state index in [1.807, 2.05) is 18.2 Å². The number of aromatic carboxylic acids is 1. The fourth-order valence-electron chi connectivity index (χ4n) is 2.53. The summed E-state index contributed by atoms with van der Waals surface area (Å²) in [4.78, 5) is 19.6. The molecule has 1 saturated heterocycles. The average Bonchev–Trinajstić information content (AvgIpc) is 2.56. The van der Waals surface area contributed by atoms with E-state index in [1.54, 1.807) is 12.1 Å². The van der Waals surface area contributed by atoms with Gasteiger partial charge in [-0.15, -0.1) is 0 Å². The van der Waals surface area contributed by atoms with Crippen molar-refractivity contribution >= 4 is 17.5 Å². The van der Waals surface area contributed by atoms with Crippen molar-refractivity contribution in [1.29, 1.82) is 0 Å². The SMILES string of the molecule is O=C(O)c1ccc(N2CCN(c3ccccc3)CC2)nc1. The van der Waals surface area contributed by atoms with Gasteiger partial charge in [0.15, 0.2) is 0 Å². The third-order valence-corrected chi connectivity index (χ3v) is 3.72.